The molecule has 0 radical (unpaired) electrons. The smallest absolute Gasteiger partial charge is 0.307 e. The number of fused-ring (bicyclic) bond motifs is 3. The molecule has 3 aromatic carbocycles. The van der Waals surface area contributed by atoms with Gasteiger partial charge in [0.05, 0.1) is 25.1 Å². The first-order chi connectivity index (χ1) is 13.7. The second-order valence-corrected chi connectivity index (χ2v) is 6.87. The number of ether oxygens (including phenoxy) is 1. The van der Waals surface area contributed by atoms with Gasteiger partial charge in [-0.05, 0) is 27.8 Å². The van der Waals surface area contributed by atoms with Crippen molar-refractivity contribution in [1.29, 1.82) is 0 Å². The van der Waals surface area contributed by atoms with Crippen molar-refractivity contribution >= 4 is 12.3 Å². The molecule has 0 fully saturated rings. The van der Waals surface area contributed by atoms with E-state index in [-0.39, 0.29) is 6.42 Å². The van der Waals surface area contributed by atoms with E-state index in [0.717, 1.165) is 34.1 Å². The molecule has 0 saturated heterocycles. The van der Waals surface area contributed by atoms with Crippen molar-refractivity contribution in [1.82, 2.24) is 5.32 Å². The Bertz CT molecular complexity index is 968. The Hall–Kier alpha value is -3.24. The number of aldehydes is 1. The van der Waals surface area contributed by atoms with Gasteiger partial charge in [0.15, 0.2) is 0 Å². The molecular weight excluding hydrogens is 350 g/mol. The molecule has 28 heavy (non-hydrogen) atoms. The van der Waals surface area contributed by atoms with Gasteiger partial charge in [0.25, 0.3) is 0 Å². The zero-order valence-corrected chi connectivity index (χ0v) is 15.6. The first kappa shape index (κ1) is 18.1. The summed E-state index contributed by atoms with van der Waals surface area (Å²) in [6.07, 6.45) is 0.754. The van der Waals surface area contributed by atoms with Gasteiger partial charge < -0.3 is 9.53 Å². The molecule has 4 nitrogen and oxygen atoms in total. The van der Waals surface area contributed by atoms with E-state index in [1.54, 1.807) is 0 Å². The molecule has 3 aromatic rings. The molecule has 1 unspecified atom stereocenters. The molecule has 0 aromatic heterocycles. The summed E-state index contributed by atoms with van der Waals surface area (Å²) >= 11 is 0. The Morgan fingerprint density at radius 1 is 0.929 bits per heavy atom. The van der Waals surface area contributed by atoms with Crippen molar-refractivity contribution in [2.45, 2.75) is 18.0 Å². The van der Waals surface area contributed by atoms with Crippen molar-refractivity contribution in [3.05, 3.63) is 95.6 Å². The van der Waals surface area contributed by atoms with E-state index in [1.165, 1.54) is 7.11 Å². The van der Waals surface area contributed by atoms with E-state index in [2.05, 4.69) is 29.6 Å². The number of carbonyl (C=O) groups is 2. The number of nitrogens with one attached hydrogen (secondary N) is 1. The number of carbonyl (C=O) groups excluding carboxylic acids is 2. The number of benzene rings is 3. The molecule has 1 aliphatic rings. The largest absolute Gasteiger partial charge is 0.469 e. The minimum atomic E-state index is -0.728. The standard InChI is InChI=1S/C24H21NO3/c1-28-23(27)15-18(16-26)25-24(17-9-3-2-4-10-17)21-13-7-5-11-19(21)20-12-6-8-14-22(20)24/h2-14,16,18,25H,15H2,1H3. The predicted molar refractivity (Wildman–Crippen MR) is 108 cm³/mol. The molecule has 0 spiro atoms. The van der Waals surface area contributed by atoms with Crippen LogP contribution < -0.4 is 5.32 Å². The lowest BCUT2D eigenvalue weighted by atomic mass is 9.80. The van der Waals surface area contributed by atoms with Gasteiger partial charge in [-0.15, -0.1) is 0 Å². The third-order valence-corrected chi connectivity index (χ3v) is 5.34. The van der Waals surface area contributed by atoms with Gasteiger partial charge in [0, 0.05) is 0 Å². The van der Waals surface area contributed by atoms with Crippen molar-refractivity contribution in [3.8, 4) is 11.1 Å². The monoisotopic (exact) mass is 371 g/mol. The summed E-state index contributed by atoms with van der Waals surface area (Å²) in [5.41, 5.74) is 4.67. The normalized spacial score (nSPS) is 14.6. The molecular formula is C24H21NO3. The van der Waals surface area contributed by atoms with E-state index < -0.39 is 17.6 Å². The topological polar surface area (TPSA) is 55.4 Å². The number of esters is 1. The summed E-state index contributed by atoms with van der Waals surface area (Å²) in [4.78, 5) is 23.7. The van der Waals surface area contributed by atoms with Gasteiger partial charge in [-0.25, -0.2) is 0 Å². The Kier molecular flexibility index (Phi) is 4.80. The summed E-state index contributed by atoms with van der Waals surface area (Å²) in [5.74, 6) is -0.424. The highest BCUT2D eigenvalue weighted by molar-refractivity contribution is 5.84. The Labute approximate surface area is 164 Å². The first-order valence-electron chi connectivity index (χ1n) is 9.25. The second-order valence-electron chi connectivity index (χ2n) is 6.87. The van der Waals surface area contributed by atoms with Crippen molar-refractivity contribution < 1.29 is 14.3 Å². The summed E-state index contributed by atoms with van der Waals surface area (Å²) in [6.45, 7) is 0. The number of methoxy groups -OCH3 is 1. The highest BCUT2D eigenvalue weighted by Crippen LogP contribution is 2.50. The third kappa shape index (κ3) is 2.83. The summed E-state index contributed by atoms with van der Waals surface area (Å²) in [5, 5.41) is 3.50. The molecule has 0 bridgehead atoms. The van der Waals surface area contributed by atoms with Crippen LogP contribution >= 0.6 is 0 Å². The molecule has 0 aliphatic heterocycles. The van der Waals surface area contributed by atoms with Gasteiger partial charge >= 0.3 is 5.97 Å². The summed E-state index contributed by atoms with van der Waals surface area (Å²) < 4.78 is 4.79. The quantitative estimate of drug-likeness (QED) is 0.531. The SMILES string of the molecule is COC(=O)CC(C=O)NC1(c2ccccc2)c2ccccc2-c2ccccc21. The van der Waals surface area contributed by atoms with Crippen LogP contribution in [0, 0.1) is 0 Å². The van der Waals surface area contributed by atoms with Crippen molar-refractivity contribution in [2.75, 3.05) is 7.11 Å². The number of hydrogen-bond acceptors (Lipinski definition) is 4. The number of hydrogen-bond donors (Lipinski definition) is 1. The lowest BCUT2D eigenvalue weighted by Gasteiger charge is -2.36. The van der Waals surface area contributed by atoms with Crippen molar-refractivity contribution in [2.24, 2.45) is 0 Å². The van der Waals surface area contributed by atoms with Crippen LogP contribution in [0.15, 0.2) is 78.9 Å². The second kappa shape index (κ2) is 7.41. The molecule has 1 atom stereocenters. The van der Waals surface area contributed by atoms with Gasteiger partial charge in [0.2, 0.25) is 0 Å². The van der Waals surface area contributed by atoms with E-state index >= 15 is 0 Å². The zero-order valence-electron chi connectivity index (χ0n) is 15.6. The highest BCUT2D eigenvalue weighted by atomic mass is 16.5. The summed E-state index contributed by atoms with van der Waals surface area (Å²) in [7, 11) is 1.33. The van der Waals surface area contributed by atoms with Gasteiger partial charge in [-0.1, -0.05) is 78.9 Å². The van der Waals surface area contributed by atoms with E-state index in [1.807, 2.05) is 54.6 Å². The predicted octanol–water partition coefficient (Wildman–Crippen LogP) is 3.68. The van der Waals surface area contributed by atoms with Crippen LogP contribution in [0.2, 0.25) is 0 Å². The van der Waals surface area contributed by atoms with E-state index in [9.17, 15) is 9.59 Å². The average molecular weight is 371 g/mol. The van der Waals surface area contributed by atoms with E-state index in [0.29, 0.717) is 0 Å². The van der Waals surface area contributed by atoms with Gasteiger partial charge in [0.1, 0.15) is 6.29 Å². The zero-order chi connectivity index (χ0) is 19.6. The van der Waals surface area contributed by atoms with Crippen LogP contribution in [0.4, 0.5) is 0 Å². The fraction of sp³-hybridized carbons (Fsp3) is 0.167. The molecule has 1 N–H and O–H groups in total. The molecule has 4 heteroatoms. The lowest BCUT2D eigenvalue weighted by Crippen LogP contribution is -2.50. The van der Waals surface area contributed by atoms with Crippen LogP contribution in [0.25, 0.3) is 11.1 Å². The van der Waals surface area contributed by atoms with Crippen molar-refractivity contribution in [3.63, 3.8) is 0 Å². The average Bonchev–Trinajstić information content (AvgIpc) is 3.05. The maximum absolute atomic E-state index is 11.9. The van der Waals surface area contributed by atoms with Gasteiger partial charge in [-0.2, -0.15) is 0 Å². The van der Waals surface area contributed by atoms with Crippen LogP contribution in [0.5, 0.6) is 0 Å². The van der Waals surface area contributed by atoms with Crippen LogP contribution in [-0.2, 0) is 19.9 Å². The minimum absolute atomic E-state index is 0.0289. The maximum Gasteiger partial charge on any atom is 0.307 e. The fourth-order valence-corrected chi connectivity index (χ4v) is 4.15. The first-order valence-corrected chi connectivity index (χ1v) is 9.25. The minimum Gasteiger partial charge on any atom is -0.469 e. The van der Waals surface area contributed by atoms with Crippen LogP contribution in [0.1, 0.15) is 23.1 Å². The summed E-state index contributed by atoms with van der Waals surface area (Å²) in [6, 6.07) is 25.7. The molecule has 1 aliphatic carbocycles. The Morgan fingerprint density at radius 2 is 1.46 bits per heavy atom. The molecule has 0 saturated carbocycles. The van der Waals surface area contributed by atoms with Gasteiger partial charge in [-0.3, -0.25) is 10.1 Å². The fourth-order valence-electron chi connectivity index (χ4n) is 4.15. The highest BCUT2D eigenvalue weighted by Gasteiger charge is 2.45. The Balaban J connectivity index is 1.95. The van der Waals surface area contributed by atoms with Crippen LogP contribution in [-0.4, -0.2) is 25.4 Å². The maximum atomic E-state index is 11.9. The Morgan fingerprint density at radius 3 is 2.00 bits per heavy atom. The molecule has 0 amide bonds. The molecule has 0 heterocycles. The van der Waals surface area contributed by atoms with Crippen LogP contribution in [0.3, 0.4) is 0 Å². The number of rotatable bonds is 6. The molecule has 140 valence electrons. The lowest BCUT2D eigenvalue weighted by molar-refractivity contribution is -0.142. The molecule has 4 rings (SSSR count). The van der Waals surface area contributed by atoms with E-state index in [4.69, 9.17) is 4.74 Å². The third-order valence-electron chi connectivity index (χ3n) is 5.34.